The van der Waals surface area contributed by atoms with Crippen molar-refractivity contribution in [1.29, 1.82) is 0 Å². The number of aromatic nitrogens is 2. The van der Waals surface area contributed by atoms with E-state index in [-0.39, 0.29) is 11.5 Å². The topological polar surface area (TPSA) is 64.9 Å². The summed E-state index contributed by atoms with van der Waals surface area (Å²) in [4.78, 5) is 5.55. The van der Waals surface area contributed by atoms with Crippen LogP contribution in [-0.4, -0.2) is 16.2 Å². The minimum Gasteiger partial charge on any atom is -0.338 e. The Hall–Kier alpha value is -1.20. The van der Waals surface area contributed by atoms with Crippen molar-refractivity contribution in [3.05, 3.63) is 23.4 Å². The second kappa shape index (κ2) is 3.92. The van der Waals surface area contributed by atoms with Crippen LogP contribution in [-0.2, 0) is 5.41 Å². The minimum absolute atomic E-state index is 0.124. The molecular weight excluding hydrogens is 234 g/mol. The average Bonchev–Trinajstić information content (AvgIpc) is 3.01. The van der Waals surface area contributed by atoms with Gasteiger partial charge in [-0.1, -0.05) is 17.6 Å². The molecule has 2 N–H and O–H groups in total. The molecule has 2 heterocycles. The van der Waals surface area contributed by atoms with Crippen molar-refractivity contribution >= 4 is 11.3 Å². The van der Waals surface area contributed by atoms with Gasteiger partial charge in [-0.2, -0.15) is 4.98 Å². The normalized spacial score (nSPS) is 28.7. The Kier molecular flexibility index (Phi) is 2.52. The van der Waals surface area contributed by atoms with Crippen molar-refractivity contribution in [2.75, 3.05) is 0 Å². The van der Waals surface area contributed by atoms with Gasteiger partial charge >= 0.3 is 0 Å². The minimum atomic E-state index is -0.150. The second-order valence-corrected chi connectivity index (χ2v) is 5.76. The van der Waals surface area contributed by atoms with Gasteiger partial charge in [-0.3, -0.25) is 0 Å². The van der Waals surface area contributed by atoms with Crippen LogP contribution in [0.3, 0.4) is 0 Å². The summed E-state index contributed by atoms with van der Waals surface area (Å²) in [7, 11) is 0. The van der Waals surface area contributed by atoms with Crippen LogP contribution in [0.2, 0.25) is 0 Å². The highest BCUT2D eigenvalue weighted by molar-refractivity contribution is 7.13. The fraction of sp³-hybridized carbons (Fsp3) is 0.500. The highest BCUT2D eigenvalue weighted by atomic mass is 32.1. The Morgan fingerprint density at radius 2 is 2.47 bits per heavy atom. The maximum atomic E-state index is 6.15. The molecule has 0 saturated heterocycles. The first-order valence-corrected chi connectivity index (χ1v) is 6.72. The summed E-state index contributed by atoms with van der Waals surface area (Å²) in [5.74, 6) is 1.36. The predicted molar refractivity (Wildman–Crippen MR) is 66.8 cm³/mol. The van der Waals surface area contributed by atoms with Gasteiger partial charge in [0, 0.05) is 6.04 Å². The summed E-state index contributed by atoms with van der Waals surface area (Å²) < 4.78 is 5.41. The molecule has 0 amide bonds. The van der Waals surface area contributed by atoms with E-state index in [4.69, 9.17) is 10.3 Å². The molecule has 17 heavy (non-hydrogen) atoms. The van der Waals surface area contributed by atoms with Gasteiger partial charge in [-0.05, 0) is 31.2 Å². The van der Waals surface area contributed by atoms with Gasteiger partial charge in [-0.25, -0.2) is 0 Å². The summed E-state index contributed by atoms with van der Waals surface area (Å²) in [6.45, 7) is 2.12. The quantitative estimate of drug-likeness (QED) is 0.888. The molecule has 0 aliphatic heterocycles. The Labute approximate surface area is 104 Å². The van der Waals surface area contributed by atoms with Gasteiger partial charge in [0.15, 0.2) is 0 Å². The van der Waals surface area contributed by atoms with Crippen molar-refractivity contribution in [2.24, 2.45) is 5.73 Å². The number of hydrogen-bond acceptors (Lipinski definition) is 5. The predicted octanol–water partition coefficient (Wildman–Crippen LogP) is 2.57. The number of hydrogen-bond donors (Lipinski definition) is 1. The Morgan fingerprint density at radius 3 is 3.12 bits per heavy atom. The number of rotatable bonds is 2. The van der Waals surface area contributed by atoms with Crippen LogP contribution in [0.15, 0.2) is 22.0 Å². The number of thiophene rings is 1. The van der Waals surface area contributed by atoms with E-state index in [1.165, 1.54) is 0 Å². The highest BCUT2D eigenvalue weighted by Crippen LogP contribution is 2.39. The van der Waals surface area contributed by atoms with Gasteiger partial charge in [-0.15, -0.1) is 11.3 Å². The Balaban J connectivity index is 1.95. The van der Waals surface area contributed by atoms with Crippen molar-refractivity contribution in [1.82, 2.24) is 10.1 Å². The van der Waals surface area contributed by atoms with E-state index in [0.717, 1.165) is 24.1 Å². The Morgan fingerprint density at radius 1 is 1.59 bits per heavy atom. The van der Waals surface area contributed by atoms with Crippen molar-refractivity contribution in [3.63, 3.8) is 0 Å². The molecule has 4 nitrogen and oxygen atoms in total. The van der Waals surface area contributed by atoms with Crippen LogP contribution in [0.5, 0.6) is 0 Å². The van der Waals surface area contributed by atoms with Crippen molar-refractivity contribution < 1.29 is 4.52 Å². The molecule has 1 aliphatic rings. The summed E-state index contributed by atoms with van der Waals surface area (Å²) in [5, 5.41) is 6.06. The van der Waals surface area contributed by atoms with E-state index in [2.05, 4.69) is 17.1 Å². The SMILES string of the molecule is CC1(c2nc(-c3cccs3)no2)CCCC1N. The zero-order chi connectivity index (χ0) is 11.9. The molecule has 1 saturated carbocycles. The molecule has 90 valence electrons. The fourth-order valence-corrected chi connectivity index (χ4v) is 3.07. The molecule has 0 bridgehead atoms. The van der Waals surface area contributed by atoms with E-state index < -0.39 is 0 Å². The summed E-state index contributed by atoms with van der Waals surface area (Å²) in [5.41, 5.74) is 6.00. The van der Waals surface area contributed by atoms with Crippen molar-refractivity contribution in [2.45, 2.75) is 37.6 Å². The molecule has 2 unspecified atom stereocenters. The van der Waals surface area contributed by atoms with Crippen molar-refractivity contribution in [3.8, 4) is 10.7 Å². The largest absolute Gasteiger partial charge is 0.338 e. The average molecular weight is 249 g/mol. The van der Waals surface area contributed by atoms with E-state index >= 15 is 0 Å². The third-order valence-electron chi connectivity index (χ3n) is 3.69. The molecule has 2 aromatic heterocycles. The standard InChI is InChI=1S/C12H15N3OS/c1-12(6-2-5-9(12)13)11-14-10(15-16-11)8-4-3-7-17-8/h3-4,7,9H,2,5-6,13H2,1H3. The first-order chi connectivity index (χ1) is 8.20. The van der Waals surface area contributed by atoms with E-state index in [9.17, 15) is 0 Å². The second-order valence-electron chi connectivity index (χ2n) is 4.82. The summed E-state index contributed by atoms with van der Waals surface area (Å²) in [6, 6.07) is 4.11. The van der Waals surface area contributed by atoms with Crippen LogP contribution in [0.4, 0.5) is 0 Å². The molecule has 5 heteroatoms. The zero-order valence-corrected chi connectivity index (χ0v) is 10.5. The van der Waals surface area contributed by atoms with E-state index in [1.807, 2.05) is 17.5 Å². The van der Waals surface area contributed by atoms with Crippen LogP contribution in [0, 0.1) is 0 Å². The van der Waals surface area contributed by atoms with Gasteiger partial charge in [0.25, 0.3) is 0 Å². The lowest BCUT2D eigenvalue weighted by Gasteiger charge is -2.23. The molecule has 1 fully saturated rings. The van der Waals surface area contributed by atoms with Crippen LogP contribution >= 0.6 is 11.3 Å². The lowest BCUT2D eigenvalue weighted by Crippen LogP contribution is -2.38. The van der Waals surface area contributed by atoms with Gasteiger partial charge in [0.1, 0.15) is 0 Å². The lowest BCUT2D eigenvalue weighted by molar-refractivity contribution is 0.278. The van der Waals surface area contributed by atoms with Gasteiger partial charge in [0.2, 0.25) is 11.7 Å². The molecule has 3 rings (SSSR count). The fourth-order valence-electron chi connectivity index (χ4n) is 2.42. The summed E-state index contributed by atoms with van der Waals surface area (Å²) in [6.07, 6.45) is 3.20. The number of nitrogens with zero attached hydrogens (tertiary/aromatic N) is 2. The maximum Gasteiger partial charge on any atom is 0.234 e. The van der Waals surface area contributed by atoms with E-state index in [1.54, 1.807) is 11.3 Å². The lowest BCUT2D eigenvalue weighted by atomic mass is 9.85. The molecule has 0 aromatic carbocycles. The monoisotopic (exact) mass is 249 g/mol. The third-order valence-corrected chi connectivity index (χ3v) is 4.55. The first kappa shape index (κ1) is 10.9. The molecule has 0 spiro atoms. The summed E-state index contributed by atoms with van der Waals surface area (Å²) >= 11 is 1.62. The highest BCUT2D eigenvalue weighted by Gasteiger charge is 2.42. The zero-order valence-electron chi connectivity index (χ0n) is 9.72. The molecule has 1 aliphatic carbocycles. The van der Waals surface area contributed by atoms with Crippen LogP contribution in [0.25, 0.3) is 10.7 Å². The first-order valence-electron chi connectivity index (χ1n) is 5.84. The number of nitrogens with two attached hydrogens (primary N) is 1. The Bertz CT molecular complexity index is 508. The van der Waals surface area contributed by atoms with Gasteiger partial charge in [0.05, 0.1) is 10.3 Å². The molecule has 2 atom stereocenters. The third kappa shape index (κ3) is 1.70. The molecule has 2 aromatic rings. The van der Waals surface area contributed by atoms with E-state index in [0.29, 0.717) is 11.7 Å². The smallest absolute Gasteiger partial charge is 0.234 e. The maximum absolute atomic E-state index is 6.15. The van der Waals surface area contributed by atoms with Crippen LogP contribution in [0.1, 0.15) is 32.1 Å². The molecular formula is C12H15N3OS. The molecule has 0 radical (unpaired) electrons. The van der Waals surface area contributed by atoms with Crippen LogP contribution < -0.4 is 5.73 Å². The van der Waals surface area contributed by atoms with Gasteiger partial charge < -0.3 is 10.3 Å².